The number of fused-ring (bicyclic) bond motifs is 3. The van der Waals surface area contributed by atoms with E-state index in [1.54, 1.807) is 11.6 Å². The Kier molecular flexibility index (Phi) is 5.74. The molecule has 188 valence electrons. The predicted octanol–water partition coefficient (Wildman–Crippen LogP) is 1.90. The van der Waals surface area contributed by atoms with Crippen LogP contribution in [0.15, 0.2) is 23.0 Å². The van der Waals surface area contributed by atoms with Crippen LogP contribution in [0.4, 0.5) is 4.79 Å². The lowest BCUT2D eigenvalue weighted by Crippen LogP contribution is -2.56. The molecule has 0 radical (unpaired) electrons. The minimum atomic E-state index is -0.689. The number of nitrogens with one attached hydrogen (secondary N) is 1. The van der Waals surface area contributed by atoms with Crippen LogP contribution in [0.5, 0.6) is 0 Å². The fourth-order valence-electron chi connectivity index (χ4n) is 5.73. The van der Waals surface area contributed by atoms with Gasteiger partial charge in [0.25, 0.3) is 0 Å². The van der Waals surface area contributed by atoms with E-state index in [-0.39, 0.29) is 36.2 Å². The van der Waals surface area contributed by atoms with Crippen LogP contribution < -0.4 is 11.0 Å². The van der Waals surface area contributed by atoms with Crippen LogP contribution in [0.2, 0.25) is 0 Å². The molecule has 1 N–H and O–H groups in total. The molecule has 3 aliphatic heterocycles. The average Bonchev–Trinajstić information content (AvgIpc) is 3.18. The number of hydrogen-bond acceptors (Lipinski definition) is 6. The Hall–Kier alpha value is -3.14. The fraction of sp³-hybridized carbons (Fsp3) is 0.600. The molecule has 0 aliphatic carbocycles. The van der Waals surface area contributed by atoms with Gasteiger partial charge in [-0.3, -0.25) is 33.8 Å². The number of amides is 3. The number of benzene rings is 1. The summed E-state index contributed by atoms with van der Waals surface area (Å²) in [5.74, 6) is -0.735. The maximum atomic E-state index is 13.0. The minimum Gasteiger partial charge on any atom is -0.444 e. The van der Waals surface area contributed by atoms with Crippen LogP contribution in [-0.2, 0) is 27.9 Å². The van der Waals surface area contributed by atoms with Gasteiger partial charge in [0.1, 0.15) is 11.6 Å². The third kappa shape index (κ3) is 4.35. The lowest BCUT2D eigenvalue weighted by Gasteiger charge is -2.41. The van der Waals surface area contributed by atoms with Crippen molar-refractivity contribution in [2.75, 3.05) is 13.1 Å². The van der Waals surface area contributed by atoms with Gasteiger partial charge in [0.15, 0.2) is 0 Å². The van der Waals surface area contributed by atoms with Crippen molar-refractivity contribution in [3.05, 3.63) is 34.2 Å². The number of aryl methyl sites for hydroxylation is 1. The Labute approximate surface area is 203 Å². The van der Waals surface area contributed by atoms with Crippen molar-refractivity contribution in [1.29, 1.82) is 0 Å². The summed E-state index contributed by atoms with van der Waals surface area (Å²) in [6.07, 6.45) is 2.26. The largest absolute Gasteiger partial charge is 0.444 e. The molecule has 2 bridgehead atoms. The number of imidazole rings is 1. The maximum absolute atomic E-state index is 13.0. The Morgan fingerprint density at radius 1 is 1.06 bits per heavy atom. The number of carbonyl (C=O) groups is 3. The Balaban J connectivity index is 1.34. The van der Waals surface area contributed by atoms with Gasteiger partial charge in [-0.15, -0.1) is 0 Å². The van der Waals surface area contributed by atoms with E-state index >= 15 is 0 Å². The summed E-state index contributed by atoms with van der Waals surface area (Å²) in [7, 11) is 1.71. The van der Waals surface area contributed by atoms with E-state index in [9.17, 15) is 19.2 Å². The molecule has 3 aliphatic rings. The summed E-state index contributed by atoms with van der Waals surface area (Å²) in [6.45, 7) is 7.94. The van der Waals surface area contributed by atoms with Crippen LogP contribution >= 0.6 is 0 Å². The highest BCUT2D eigenvalue weighted by molar-refractivity contribution is 6.00. The van der Waals surface area contributed by atoms with E-state index in [0.29, 0.717) is 18.5 Å². The number of hydrogen-bond donors (Lipinski definition) is 1. The minimum absolute atomic E-state index is 0.144. The second-order valence-electron chi connectivity index (χ2n) is 11.0. The van der Waals surface area contributed by atoms with Crippen molar-refractivity contribution < 1.29 is 19.1 Å². The Morgan fingerprint density at radius 2 is 1.74 bits per heavy atom. The maximum Gasteiger partial charge on any atom is 0.410 e. The van der Waals surface area contributed by atoms with Gasteiger partial charge in [0, 0.05) is 45.2 Å². The van der Waals surface area contributed by atoms with Crippen molar-refractivity contribution in [2.24, 2.45) is 7.05 Å². The number of carbonyl (C=O) groups excluding carboxylic acids is 3. The van der Waals surface area contributed by atoms with Crippen molar-refractivity contribution in [3.63, 3.8) is 0 Å². The van der Waals surface area contributed by atoms with Gasteiger partial charge >= 0.3 is 11.8 Å². The van der Waals surface area contributed by atoms with E-state index in [2.05, 4.69) is 10.2 Å². The number of likely N-dealkylation sites (tertiary alicyclic amines) is 1. The number of imide groups is 1. The summed E-state index contributed by atoms with van der Waals surface area (Å²) < 4.78 is 8.70. The predicted molar refractivity (Wildman–Crippen MR) is 129 cm³/mol. The monoisotopic (exact) mass is 483 g/mol. The highest BCUT2D eigenvalue weighted by atomic mass is 16.6. The molecule has 1 aromatic heterocycles. The van der Waals surface area contributed by atoms with Gasteiger partial charge in [-0.2, -0.15) is 0 Å². The first kappa shape index (κ1) is 23.6. The quantitative estimate of drug-likeness (QED) is 0.669. The second-order valence-corrected chi connectivity index (χ2v) is 11.0. The molecule has 5 rings (SSSR count). The number of nitrogens with zero attached hydrogens (tertiary/aromatic N) is 4. The van der Waals surface area contributed by atoms with Crippen molar-refractivity contribution in [3.8, 4) is 0 Å². The van der Waals surface area contributed by atoms with E-state index < -0.39 is 17.6 Å². The summed E-state index contributed by atoms with van der Waals surface area (Å²) in [6, 6.07) is 5.48. The van der Waals surface area contributed by atoms with Crippen LogP contribution in [0, 0.1) is 0 Å². The first-order chi connectivity index (χ1) is 16.5. The van der Waals surface area contributed by atoms with Crippen LogP contribution in [0.1, 0.15) is 58.1 Å². The van der Waals surface area contributed by atoms with Gasteiger partial charge in [-0.25, -0.2) is 9.59 Å². The third-order valence-electron chi connectivity index (χ3n) is 7.24. The first-order valence-electron chi connectivity index (χ1n) is 12.3. The van der Waals surface area contributed by atoms with E-state index in [1.165, 1.54) is 4.57 Å². The lowest BCUT2D eigenvalue weighted by atomic mass is 10.1. The van der Waals surface area contributed by atoms with Crippen LogP contribution in [0.3, 0.4) is 0 Å². The van der Waals surface area contributed by atoms with Crippen LogP contribution in [0.25, 0.3) is 11.0 Å². The normalized spacial score (nSPS) is 25.3. The molecule has 3 unspecified atom stereocenters. The molecule has 35 heavy (non-hydrogen) atoms. The number of rotatable bonds is 3. The summed E-state index contributed by atoms with van der Waals surface area (Å²) in [4.78, 5) is 54.0. The third-order valence-corrected chi connectivity index (χ3v) is 7.24. The first-order valence-corrected chi connectivity index (χ1v) is 12.3. The zero-order valence-electron chi connectivity index (χ0n) is 20.7. The molecule has 3 fully saturated rings. The topological polar surface area (TPSA) is 106 Å². The second kappa shape index (κ2) is 8.51. The zero-order chi connectivity index (χ0) is 25.1. The number of piperidine rings is 1. The van der Waals surface area contributed by atoms with Gasteiger partial charge in [0.2, 0.25) is 11.8 Å². The molecule has 2 aromatic rings. The van der Waals surface area contributed by atoms with E-state index in [4.69, 9.17) is 4.74 Å². The SMILES string of the molecule is Cn1c(=O)n(C2CCC(=O)NC2=O)c2ccc(CN3CC4CCC(C3)N4C(=O)OC(C)(C)C)cc21. The van der Waals surface area contributed by atoms with Crippen molar-refractivity contribution >= 4 is 28.9 Å². The Morgan fingerprint density at radius 3 is 2.37 bits per heavy atom. The summed E-state index contributed by atoms with van der Waals surface area (Å²) in [5.41, 5.74) is 1.73. The van der Waals surface area contributed by atoms with E-state index in [0.717, 1.165) is 37.0 Å². The zero-order valence-corrected chi connectivity index (χ0v) is 20.7. The standard InChI is InChI=1S/C25H33N5O5/c1-25(2,3)35-24(34)29-16-6-7-17(29)14-28(13-16)12-15-5-8-18-20(11-15)27(4)23(33)30(18)19-9-10-21(31)26-22(19)32/h5,8,11,16-17,19H,6-7,9-10,12-14H2,1-4H3,(H,26,31,32). The molecule has 3 saturated heterocycles. The van der Waals surface area contributed by atoms with Gasteiger partial charge < -0.3 is 4.74 Å². The average molecular weight is 484 g/mol. The molecular weight excluding hydrogens is 450 g/mol. The molecule has 10 heteroatoms. The smallest absolute Gasteiger partial charge is 0.410 e. The molecule has 0 saturated carbocycles. The molecule has 0 spiro atoms. The van der Waals surface area contributed by atoms with Crippen molar-refractivity contribution in [2.45, 2.75) is 76.7 Å². The fourth-order valence-corrected chi connectivity index (χ4v) is 5.73. The molecule has 4 heterocycles. The Bertz CT molecular complexity index is 1240. The molecule has 10 nitrogen and oxygen atoms in total. The highest BCUT2D eigenvalue weighted by Gasteiger charge is 2.44. The summed E-state index contributed by atoms with van der Waals surface area (Å²) in [5, 5.41) is 2.34. The molecule has 3 amide bonds. The molecule has 1 aromatic carbocycles. The molecule has 3 atom stereocenters. The number of ether oxygens (including phenoxy) is 1. The van der Waals surface area contributed by atoms with Gasteiger partial charge in [-0.05, 0) is 57.7 Å². The lowest BCUT2D eigenvalue weighted by molar-refractivity contribution is -0.135. The molecular formula is C25H33N5O5. The highest BCUT2D eigenvalue weighted by Crippen LogP contribution is 2.33. The van der Waals surface area contributed by atoms with Crippen LogP contribution in [-0.4, -0.2) is 67.6 Å². The van der Waals surface area contributed by atoms with Crippen molar-refractivity contribution in [1.82, 2.24) is 24.3 Å². The number of piperazine rings is 1. The van der Waals surface area contributed by atoms with E-state index in [1.807, 2.05) is 43.9 Å². The van der Waals surface area contributed by atoms with Gasteiger partial charge in [0.05, 0.1) is 11.0 Å². The van der Waals surface area contributed by atoms with Gasteiger partial charge in [-0.1, -0.05) is 6.07 Å². The summed E-state index contributed by atoms with van der Waals surface area (Å²) >= 11 is 0. The number of aromatic nitrogens is 2.